The fourth-order valence-electron chi connectivity index (χ4n) is 4.05. The molecule has 0 radical (unpaired) electrons. The van der Waals surface area contributed by atoms with Gasteiger partial charge in [0.15, 0.2) is 5.82 Å². The zero-order valence-electron chi connectivity index (χ0n) is 20.3. The number of anilines is 2. The van der Waals surface area contributed by atoms with Crippen molar-refractivity contribution in [2.24, 2.45) is 0 Å². The van der Waals surface area contributed by atoms with Gasteiger partial charge in [0.05, 0.1) is 6.54 Å². The van der Waals surface area contributed by atoms with Crippen LogP contribution in [0.3, 0.4) is 0 Å². The molecule has 0 saturated heterocycles. The summed E-state index contributed by atoms with van der Waals surface area (Å²) in [6.07, 6.45) is 2.14. The minimum absolute atomic E-state index is 0.372. The molecule has 4 aromatic rings. The van der Waals surface area contributed by atoms with Crippen molar-refractivity contribution >= 4 is 29.0 Å². The number of benzene rings is 2. The SMILES string of the molecule is Cc1ccnc(NCc2nsc(-c3ccc(CC(Nc4c(C)cc(C)cc4C)C(=O)O)cc3)n2)c1. The third kappa shape index (κ3) is 6.22. The van der Waals surface area contributed by atoms with E-state index in [4.69, 9.17) is 0 Å². The molecule has 2 aromatic heterocycles. The fourth-order valence-corrected chi connectivity index (χ4v) is 4.73. The van der Waals surface area contributed by atoms with Gasteiger partial charge in [0.25, 0.3) is 0 Å². The molecule has 8 heteroatoms. The maximum Gasteiger partial charge on any atom is 0.326 e. The number of carbonyl (C=O) groups is 1. The highest BCUT2D eigenvalue weighted by atomic mass is 32.1. The average molecular weight is 488 g/mol. The van der Waals surface area contributed by atoms with E-state index in [1.807, 2.05) is 64.1 Å². The maximum absolute atomic E-state index is 12.0. The molecular weight excluding hydrogens is 458 g/mol. The van der Waals surface area contributed by atoms with Gasteiger partial charge in [-0.05, 0) is 73.6 Å². The second-order valence-corrected chi connectivity index (χ2v) is 9.55. The quantitative estimate of drug-likeness (QED) is 0.284. The summed E-state index contributed by atoms with van der Waals surface area (Å²) < 4.78 is 4.45. The molecule has 0 bridgehead atoms. The fraction of sp³-hybridized carbons (Fsp3) is 0.259. The van der Waals surface area contributed by atoms with Gasteiger partial charge in [-0.25, -0.2) is 14.8 Å². The highest BCUT2D eigenvalue weighted by molar-refractivity contribution is 7.09. The Balaban J connectivity index is 1.41. The van der Waals surface area contributed by atoms with Crippen molar-refractivity contribution in [3.63, 3.8) is 0 Å². The summed E-state index contributed by atoms with van der Waals surface area (Å²) in [7, 11) is 0. The molecule has 1 unspecified atom stereocenters. The summed E-state index contributed by atoms with van der Waals surface area (Å²) in [5.74, 6) is 0.623. The van der Waals surface area contributed by atoms with Crippen LogP contribution in [-0.2, 0) is 17.8 Å². The van der Waals surface area contributed by atoms with Crippen molar-refractivity contribution in [3.8, 4) is 10.6 Å². The van der Waals surface area contributed by atoms with Crippen molar-refractivity contribution < 1.29 is 9.90 Å². The second-order valence-electron chi connectivity index (χ2n) is 8.80. The molecular formula is C27H29N5O2S. The lowest BCUT2D eigenvalue weighted by Crippen LogP contribution is -2.32. The van der Waals surface area contributed by atoms with Gasteiger partial charge in [0.2, 0.25) is 0 Å². The molecule has 2 heterocycles. The lowest BCUT2D eigenvalue weighted by Gasteiger charge is -2.20. The first-order chi connectivity index (χ1) is 16.8. The molecule has 2 aromatic carbocycles. The Kier molecular flexibility index (Phi) is 7.41. The van der Waals surface area contributed by atoms with Crippen molar-refractivity contribution in [1.29, 1.82) is 0 Å². The van der Waals surface area contributed by atoms with E-state index in [0.29, 0.717) is 18.8 Å². The first kappa shape index (κ1) is 24.3. The highest BCUT2D eigenvalue weighted by Crippen LogP contribution is 2.25. The molecule has 0 saturated carbocycles. The molecule has 0 aliphatic carbocycles. The molecule has 7 nitrogen and oxygen atoms in total. The summed E-state index contributed by atoms with van der Waals surface area (Å²) in [6, 6.07) is 15.2. The highest BCUT2D eigenvalue weighted by Gasteiger charge is 2.20. The van der Waals surface area contributed by atoms with Gasteiger partial charge in [0, 0.05) is 23.9 Å². The normalized spacial score (nSPS) is 11.8. The van der Waals surface area contributed by atoms with Gasteiger partial charge in [0.1, 0.15) is 16.9 Å². The van der Waals surface area contributed by atoms with E-state index < -0.39 is 12.0 Å². The first-order valence-electron chi connectivity index (χ1n) is 11.4. The number of hydrogen-bond donors (Lipinski definition) is 3. The van der Waals surface area contributed by atoms with Crippen LogP contribution in [0, 0.1) is 27.7 Å². The van der Waals surface area contributed by atoms with Crippen molar-refractivity contribution in [2.75, 3.05) is 10.6 Å². The van der Waals surface area contributed by atoms with Crippen LogP contribution < -0.4 is 10.6 Å². The van der Waals surface area contributed by atoms with E-state index in [-0.39, 0.29) is 0 Å². The van der Waals surface area contributed by atoms with Crippen LogP contribution in [0.25, 0.3) is 10.6 Å². The largest absolute Gasteiger partial charge is 0.480 e. The van der Waals surface area contributed by atoms with Crippen LogP contribution in [0.2, 0.25) is 0 Å². The van der Waals surface area contributed by atoms with E-state index in [2.05, 4.69) is 37.1 Å². The zero-order valence-corrected chi connectivity index (χ0v) is 21.1. The number of nitrogens with one attached hydrogen (secondary N) is 2. The standard InChI is InChI=1S/C27H29N5O2S/c1-16-9-10-28-23(13-16)29-15-24-31-26(35-32-24)21-7-5-20(6-8-21)14-22(27(33)34)30-25-18(3)11-17(2)12-19(25)4/h5-13,22,30H,14-15H2,1-4H3,(H,28,29)(H,33,34). The molecule has 0 fully saturated rings. The van der Waals surface area contributed by atoms with E-state index >= 15 is 0 Å². The maximum atomic E-state index is 12.0. The molecule has 0 aliphatic rings. The number of hydrogen-bond acceptors (Lipinski definition) is 7. The Hall–Kier alpha value is -3.78. The average Bonchev–Trinajstić information content (AvgIpc) is 3.28. The van der Waals surface area contributed by atoms with Gasteiger partial charge in [-0.1, -0.05) is 42.0 Å². The number of rotatable bonds is 9. The molecule has 180 valence electrons. The number of nitrogens with zero attached hydrogens (tertiary/aromatic N) is 3. The van der Waals surface area contributed by atoms with Gasteiger partial charge in [-0.3, -0.25) is 0 Å². The summed E-state index contributed by atoms with van der Waals surface area (Å²) in [5, 5.41) is 17.1. The summed E-state index contributed by atoms with van der Waals surface area (Å²) >= 11 is 1.34. The van der Waals surface area contributed by atoms with Crippen LogP contribution in [0.4, 0.5) is 11.5 Å². The third-order valence-corrected chi connectivity index (χ3v) is 6.55. The van der Waals surface area contributed by atoms with Crippen LogP contribution in [-0.4, -0.2) is 31.5 Å². The predicted octanol–water partition coefficient (Wildman–Crippen LogP) is 5.55. The van der Waals surface area contributed by atoms with Gasteiger partial charge in [-0.15, -0.1) is 0 Å². The van der Waals surface area contributed by atoms with Crippen LogP contribution in [0.5, 0.6) is 0 Å². The monoisotopic (exact) mass is 487 g/mol. The van der Waals surface area contributed by atoms with Gasteiger partial charge < -0.3 is 15.7 Å². The molecule has 35 heavy (non-hydrogen) atoms. The lowest BCUT2D eigenvalue weighted by molar-refractivity contribution is -0.137. The second kappa shape index (κ2) is 10.7. The van der Waals surface area contributed by atoms with E-state index in [0.717, 1.165) is 49.9 Å². The van der Waals surface area contributed by atoms with Gasteiger partial charge in [-0.2, -0.15) is 4.37 Å². The number of aryl methyl sites for hydroxylation is 4. The summed E-state index contributed by atoms with van der Waals surface area (Å²) in [6.45, 7) is 8.56. The summed E-state index contributed by atoms with van der Waals surface area (Å²) in [4.78, 5) is 20.9. The summed E-state index contributed by atoms with van der Waals surface area (Å²) in [5.41, 5.74) is 7.17. The predicted molar refractivity (Wildman–Crippen MR) is 141 cm³/mol. The number of pyridine rings is 1. The van der Waals surface area contributed by atoms with Crippen molar-refractivity contribution in [1.82, 2.24) is 14.3 Å². The first-order valence-corrected chi connectivity index (χ1v) is 12.2. The Morgan fingerprint density at radius 2 is 1.71 bits per heavy atom. The zero-order chi connectivity index (χ0) is 24.9. The van der Waals surface area contributed by atoms with Crippen LogP contribution in [0.1, 0.15) is 33.6 Å². The molecule has 1 atom stereocenters. The van der Waals surface area contributed by atoms with Crippen LogP contribution >= 0.6 is 11.5 Å². The van der Waals surface area contributed by atoms with Crippen molar-refractivity contribution in [3.05, 3.63) is 88.4 Å². The minimum Gasteiger partial charge on any atom is -0.480 e. The number of aliphatic carboxylic acids is 1. The number of carboxylic acids is 1. The number of aromatic nitrogens is 3. The molecule has 0 aliphatic heterocycles. The van der Waals surface area contributed by atoms with Crippen molar-refractivity contribution in [2.45, 2.75) is 46.7 Å². The molecule has 0 amide bonds. The molecule has 0 spiro atoms. The molecule has 4 rings (SSSR count). The lowest BCUT2D eigenvalue weighted by atomic mass is 10.0. The minimum atomic E-state index is -0.877. The van der Waals surface area contributed by atoms with E-state index in [1.54, 1.807) is 6.20 Å². The van der Waals surface area contributed by atoms with E-state index in [1.165, 1.54) is 11.5 Å². The molecule has 3 N–H and O–H groups in total. The topological polar surface area (TPSA) is 100 Å². The van der Waals surface area contributed by atoms with E-state index in [9.17, 15) is 9.90 Å². The third-order valence-electron chi connectivity index (χ3n) is 5.75. The Bertz CT molecular complexity index is 1310. The van der Waals surface area contributed by atoms with Gasteiger partial charge >= 0.3 is 5.97 Å². The number of carboxylic acid groups (broad SMARTS) is 1. The smallest absolute Gasteiger partial charge is 0.326 e. The van der Waals surface area contributed by atoms with Crippen LogP contribution in [0.15, 0.2) is 54.7 Å². The Labute approximate surface area is 209 Å². The Morgan fingerprint density at radius 3 is 2.37 bits per heavy atom. The Morgan fingerprint density at radius 1 is 1.00 bits per heavy atom.